The normalized spacial score (nSPS) is 20.8. The fourth-order valence-corrected chi connectivity index (χ4v) is 5.46. The number of ether oxygens (including phenoxy) is 4. The van der Waals surface area contributed by atoms with Gasteiger partial charge in [-0.05, 0) is 67.9 Å². The minimum Gasteiger partial charge on any atom is -0.508 e. The summed E-state index contributed by atoms with van der Waals surface area (Å²) in [5.41, 5.74) is 4.30. The van der Waals surface area contributed by atoms with Gasteiger partial charge in [0.15, 0.2) is 6.10 Å². The number of piperidine rings is 1. The van der Waals surface area contributed by atoms with Gasteiger partial charge in [-0.25, -0.2) is 0 Å². The minimum atomic E-state index is -0.698. The molecule has 0 bridgehead atoms. The van der Waals surface area contributed by atoms with Crippen molar-refractivity contribution in [3.8, 4) is 28.7 Å². The summed E-state index contributed by atoms with van der Waals surface area (Å²) >= 11 is 0. The van der Waals surface area contributed by atoms with Crippen LogP contribution in [-0.4, -0.2) is 54.8 Å². The summed E-state index contributed by atoms with van der Waals surface area (Å²) in [7, 11) is 1.59. The van der Waals surface area contributed by atoms with Crippen LogP contribution in [0.5, 0.6) is 28.7 Å². The first kappa shape index (κ1) is 23.7. The molecule has 192 valence electrons. The monoisotopic (exact) mass is 501 g/mol. The Kier molecular flexibility index (Phi) is 6.40. The Balaban J connectivity index is 1.33. The number of aromatic hydroxyl groups is 2. The second-order valence-corrected chi connectivity index (χ2v) is 9.69. The van der Waals surface area contributed by atoms with Crippen LogP contribution in [0.3, 0.4) is 0 Å². The van der Waals surface area contributed by atoms with E-state index in [2.05, 4.69) is 4.90 Å². The Labute approximate surface area is 216 Å². The number of hydrogen-bond donors (Lipinski definition) is 2. The highest BCUT2D eigenvalue weighted by atomic mass is 16.7. The number of fused-ring (bicyclic) bond motifs is 4. The number of hydrogen-bond acceptors (Lipinski definition) is 7. The molecule has 3 aliphatic heterocycles. The van der Waals surface area contributed by atoms with Crippen LogP contribution in [0.2, 0.25) is 0 Å². The third-order valence-corrected chi connectivity index (χ3v) is 7.30. The molecule has 3 heterocycles. The van der Waals surface area contributed by atoms with Gasteiger partial charge in [0.2, 0.25) is 6.29 Å². The van der Waals surface area contributed by atoms with Crippen molar-refractivity contribution in [2.24, 2.45) is 0 Å². The maximum absolute atomic E-state index is 10.2. The summed E-state index contributed by atoms with van der Waals surface area (Å²) in [6.07, 6.45) is 2.69. The number of nitrogens with zero attached hydrogens (tertiary/aromatic N) is 1. The van der Waals surface area contributed by atoms with E-state index in [1.807, 2.05) is 36.4 Å². The van der Waals surface area contributed by atoms with Crippen LogP contribution in [0.25, 0.3) is 11.1 Å². The summed E-state index contributed by atoms with van der Waals surface area (Å²) in [5, 5.41) is 20.2. The Morgan fingerprint density at radius 3 is 2.14 bits per heavy atom. The Hall–Kier alpha value is -3.68. The summed E-state index contributed by atoms with van der Waals surface area (Å²) in [6.45, 7) is 3.90. The van der Waals surface area contributed by atoms with Gasteiger partial charge < -0.3 is 29.2 Å². The molecule has 0 saturated carbocycles. The molecule has 1 fully saturated rings. The number of benzene rings is 3. The molecule has 3 aromatic carbocycles. The summed E-state index contributed by atoms with van der Waals surface area (Å²) < 4.78 is 24.4. The Morgan fingerprint density at radius 2 is 1.46 bits per heavy atom. The lowest BCUT2D eigenvalue weighted by atomic mass is 9.83. The third kappa shape index (κ3) is 4.61. The van der Waals surface area contributed by atoms with Gasteiger partial charge in [-0.3, -0.25) is 4.90 Å². The van der Waals surface area contributed by atoms with Crippen molar-refractivity contribution in [2.75, 3.05) is 33.4 Å². The molecular weight excluding hydrogens is 470 g/mol. The summed E-state index contributed by atoms with van der Waals surface area (Å²) in [5.74, 6) is 2.13. The van der Waals surface area contributed by atoms with E-state index < -0.39 is 12.4 Å². The molecule has 2 N–H and O–H groups in total. The number of phenolic OH excluding ortho intramolecular Hbond substituents is 2. The molecule has 37 heavy (non-hydrogen) atoms. The van der Waals surface area contributed by atoms with Crippen molar-refractivity contribution in [2.45, 2.75) is 31.7 Å². The van der Waals surface area contributed by atoms with Gasteiger partial charge in [0.1, 0.15) is 35.4 Å². The van der Waals surface area contributed by atoms with Gasteiger partial charge in [0.25, 0.3) is 0 Å². The van der Waals surface area contributed by atoms with Gasteiger partial charge >= 0.3 is 0 Å². The van der Waals surface area contributed by atoms with Crippen LogP contribution in [0.4, 0.5) is 0 Å². The zero-order valence-electron chi connectivity index (χ0n) is 20.9. The van der Waals surface area contributed by atoms with Crippen molar-refractivity contribution in [1.82, 2.24) is 4.90 Å². The molecule has 1 saturated heterocycles. The van der Waals surface area contributed by atoms with E-state index in [0.717, 1.165) is 53.2 Å². The maximum Gasteiger partial charge on any atom is 0.227 e. The lowest BCUT2D eigenvalue weighted by Crippen LogP contribution is -2.33. The first-order valence-corrected chi connectivity index (χ1v) is 12.8. The van der Waals surface area contributed by atoms with Crippen LogP contribution in [0.15, 0.2) is 60.7 Å². The van der Waals surface area contributed by atoms with E-state index in [0.29, 0.717) is 18.1 Å². The molecule has 0 aromatic heterocycles. The highest BCUT2D eigenvalue weighted by molar-refractivity contribution is 6.00. The van der Waals surface area contributed by atoms with Gasteiger partial charge in [-0.1, -0.05) is 18.6 Å². The van der Waals surface area contributed by atoms with E-state index in [4.69, 9.17) is 18.9 Å². The Bertz CT molecular complexity index is 1310. The maximum atomic E-state index is 10.2. The number of phenols is 2. The van der Waals surface area contributed by atoms with E-state index in [-0.39, 0.29) is 11.5 Å². The van der Waals surface area contributed by atoms with Crippen molar-refractivity contribution >= 4 is 11.1 Å². The largest absolute Gasteiger partial charge is 0.508 e. The summed E-state index contributed by atoms with van der Waals surface area (Å²) in [6, 6.07) is 18.1. The zero-order valence-corrected chi connectivity index (χ0v) is 20.9. The second kappa shape index (κ2) is 10.00. The average Bonchev–Trinajstić information content (AvgIpc) is 2.92. The van der Waals surface area contributed by atoms with Crippen LogP contribution >= 0.6 is 0 Å². The van der Waals surface area contributed by atoms with E-state index in [1.165, 1.54) is 19.3 Å². The predicted molar refractivity (Wildman–Crippen MR) is 140 cm³/mol. The van der Waals surface area contributed by atoms with Crippen molar-refractivity contribution in [3.05, 3.63) is 77.4 Å². The molecule has 2 atom stereocenters. The molecule has 0 amide bonds. The first-order chi connectivity index (χ1) is 18.1. The molecule has 0 spiro atoms. The molecule has 3 aliphatic rings. The standard InChI is InChI=1S/C30H31NO6/c1-34-30-28-24-12-8-20(32)17-25(24)36-29(27(28)23-11-7-21(33)18-26(23)37-30)19-5-9-22(10-6-19)35-16-15-31-13-3-2-4-14-31/h5-12,17-18,29-30,32-33H,2-4,13-16H2,1H3. The summed E-state index contributed by atoms with van der Waals surface area (Å²) in [4.78, 5) is 2.46. The average molecular weight is 502 g/mol. The number of likely N-dealkylation sites (tertiary alicyclic amines) is 1. The van der Waals surface area contributed by atoms with Gasteiger partial charge in [0, 0.05) is 48.1 Å². The molecule has 3 aromatic rings. The molecule has 0 radical (unpaired) electrons. The van der Waals surface area contributed by atoms with Crippen molar-refractivity contribution in [1.29, 1.82) is 0 Å². The Morgan fingerprint density at radius 1 is 0.811 bits per heavy atom. The molecule has 6 rings (SSSR count). The van der Waals surface area contributed by atoms with Crippen molar-refractivity contribution in [3.63, 3.8) is 0 Å². The zero-order chi connectivity index (χ0) is 25.4. The third-order valence-electron chi connectivity index (χ3n) is 7.30. The predicted octanol–water partition coefficient (Wildman–Crippen LogP) is 5.37. The highest BCUT2D eigenvalue weighted by Crippen LogP contribution is 2.53. The molecule has 7 nitrogen and oxygen atoms in total. The lowest BCUT2D eigenvalue weighted by molar-refractivity contribution is -0.0110. The molecular formula is C30H31NO6. The highest BCUT2D eigenvalue weighted by Gasteiger charge is 2.40. The van der Waals surface area contributed by atoms with Crippen LogP contribution in [0.1, 0.15) is 42.1 Å². The fourth-order valence-electron chi connectivity index (χ4n) is 5.46. The quantitative estimate of drug-likeness (QED) is 0.470. The fraction of sp³-hybridized carbons (Fsp3) is 0.333. The van der Waals surface area contributed by atoms with Gasteiger partial charge in [-0.15, -0.1) is 0 Å². The van der Waals surface area contributed by atoms with E-state index in [9.17, 15) is 10.2 Å². The van der Waals surface area contributed by atoms with Crippen LogP contribution in [0, 0.1) is 0 Å². The number of methoxy groups -OCH3 is 1. The smallest absolute Gasteiger partial charge is 0.227 e. The van der Waals surface area contributed by atoms with Crippen LogP contribution in [-0.2, 0) is 4.74 Å². The first-order valence-electron chi connectivity index (χ1n) is 12.8. The van der Waals surface area contributed by atoms with Crippen molar-refractivity contribution < 1.29 is 29.2 Å². The molecule has 7 heteroatoms. The van der Waals surface area contributed by atoms with Crippen LogP contribution < -0.4 is 14.2 Å². The minimum absolute atomic E-state index is 0.113. The van der Waals surface area contributed by atoms with E-state index in [1.54, 1.807) is 31.4 Å². The lowest BCUT2D eigenvalue weighted by Gasteiger charge is -2.38. The van der Waals surface area contributed by atoms with Gasteiger partial charge in [-0.2, -0.15) is 0 Å². The topological polar surface area (TPSA) is 80.6 Å². The SMILES string of the molecule is COC1Oc2cc(O)ccc2C2=C1c1ccc(O)cc1OC2c1ccc(OCCN2CCCCC2)cc1. The molecule has 2 unspecified atom stereocenters. The van der Waals surface area contributed by atoms with Gasteiger partial charge in [0.05, 0.1) is 0 Å². The van der Waals surface area contributed by atoms with E-state index >= 15 is 0 Å². The second-order valence-electron chi connectivity index (χ2n) is 9.69. The number of rotatable bonds is 6. The molecule has 0 aliphatic carbocycles.